The average Bonchev–Trinajstić information content (AvgIpc) is 1.64. The first-order valence-corrected chi connectivity index (χ1v) is 4.18. The molecule has 0 saturated carbocycles. The predicted molar refractivity (Wildman–Crippen MR) is 46.0 cm³/mol. The Morgan fingerprint density at radius 2 is 1.78 bits per heavy atom. The Balaban J connectivity index is 3.43. The minimum absolute atomic E-state index is 0.993. The van der Waals surface area contributed by atoms with E-state index in [1.54, 1.807) is 0 Å². The number of hydrogen-bond donors (Lipinski definition) is 1. The number of quaternary nitrogens is 1. The first-order valence-electron chi connectivity index (χ1n) is 3.55. The number of nitrogens with zero attached hydrogens (tertiary/aromatic N) is 1. The molecule has 0 amide bonds. The highest BCUT2D eigenvalue weighted by molar-refractivity contribution is 7.80. The molecule has 0 aromatic rings. The van der Waals surface area contributed by atoms with Crippen molar-refractivity contribution < 1.29 is 4.48 Å². The summed E-state index contributed by atoms with van der Waals surface area (Å²) in [5.74, 6) is 0.993. The monoisotopic (exact) mass is 148 g/mol. The molecule has 2 heteroatoms. The fourth-order valence-corrected chi connectivity index (χ4v) is 1.53. The summed E-state index contributed by atoms with van der Waals surface area (Å²) in [6.45, 7) is 4.66. The van der Waals surface area contributed by atoms with Crippen LogP contribution in [-0.2, 0) is 0 Å². The molecule has 0 aliphatic carbocycles. The molecule has 0 saturated heterocycles. The Kier molecular flexibility index (Phi) is 4.32. The fourth-order valence-electron chi connectivity index (χ4n) is 0.988. The van der Waals surface area contributed by atoms with Crippen LogP contribution in [0.1, 0.15) is 13.3 Å². The first-order chi connectivity index (χ1) is 4.12. The third-order valence-corrected chi connectivity index (χ3v) is 1.73. The summed E-state index contributed by atoms with van der Waals surface area (Å²) in [4.78, 5) is 0. The molecule has 0 bridgehead atoms. The van der Waals surface area contributed by atoms with E-state index in [1.165, 1.54) is 19.5 Å². The van der Waals surface area contributed by atoms with Crippen molar-refractivity contribution in [1.29, 1.82) is 0 Å². The Morgan fingerprint density at radius 1 is 1.22 bits per heavy atom. The highest BCUT2D eigenvalue weighted by atomic mass is 32.1. The standard InChI is InChI=1S/C7H17NS/c1-4-5-8(2,3)6-7-9/h4-7H2,1-3H3/p+1. The van der Waals surface area contributed by atoms with E-state index in [4.69, 9.17) is 0 Å². The molecule has 0 aromatic heterocycles. The van der Waals surface area contributed by atoms with Gasteiger partial charge in [-0.1, -0.05) is 6.92 Å². The number of hydrogen-bond acceptors (Lipinski definition) is 1. The van der Waals surface area contributed by atoms with Gasteiger partial charge in [-0.2, -0.15) is 12.6 Å². The van der Waals surface area contributed by atoms with Crippen LogP contribution in [0.2, 0.25) is 0 Å². The second-order valence-electron chi connectivity index (χ2n) is 3.11. The summed E-state index contributed by atoms with van der Waals surface area (Å²) in [7, 11) is 4.50. The summed E-state index contributed by atoms with van der Waals surface area (Å²) >= 11 is 4.19. The molecule has 0 radical (unpaired) electrons. The third-order valence-electron chi connectivity index (χ3n) is 1.53. The molecule has 56 valence electrons. The van der Waals surface area contributed by atoms with Crippen molar-refractivity contribution >= 4 is 12.6 Å². The lowest BCUT2D eigenvalue weighted by Crippen LogP contribution is -2.41. The summed E-state index contributed by atoms with van der Waals surface area (Å²) < 4.78 is 1.11. The van der Waals surface area contributed by atoms with Crippen LogP contribution in [0.3, 0.4) is 0 Å². The minimum Gasteiger partial charge on any atom is -0.328 e. The molecule has 9 heavy (non-hydrogen) atoms. The molecule has 0 aromatic carbocycles. The molecule has 0 spiro atoms. The van der Waals surface area contributed by atoms with Crippen LogP contribution in [0.5, 0.6) is 0 Å². The van der Waals surface area contributed by atoms with Gasteiger partial charge in [0.15, 0.2) is 0 Å². The maximum atomic E-state index is 4.19. The average molecular weight is 148 g/mol. The molecule has 0 aliphatic heterocycles. The van der Waals surface area contributed by atoms with Crippen LogP contribution in [0.4, 0.5) is 0 Å². The second kappa shape index (κ2) is 4.18. The quantitative estimate of drug-likeness (QED) is 0.452. The van der Waals surface area contributed by atoms with Crippen LogP contribution in [0, 0.1) is 0 Å². The molecule has 1 nitrogen and oxygen atoms in total. The smallest absolute Gasteiger partial charge is 0.0871 e. The fraction of sp³-hybridized carbons (Fsp3) is 1.00. The lowest BCUT2D eigenvalue weighted by molar-refractivity contribution is -0.887. The number of rotatable bonds is 4. The van der Waals surface area contributed by atoms with Gasteiger partial charge in [0.05, 0.1) is 27.2 Å². The van der Waals surface area contributed by atoms with Crippen LogP contribution >= 0.6 is 12.6 Å². The maximum absolute atomic E-state index is 4.19. The molecule has 0 rings (SSSR count). The van der Waals surface area contributed by atoms with Gasteiger partial charge in [0.25, 0.3) is 0 Å². The van der Waals surface area contributed by atoms with Crippen molar-refractivity contribution in [2.45, 2.75) is 13.3 Å². The summed E-state index contributed by atoms with van der Waals surface area (Å²) in [6, 6.07) is 0. The molecular formula is C7H18NS+. The SMILES string of the molecule is CCC[N+](C)(C)CCS. The topological polar surface area (TPSA) is 0 Å². The van der Waals surface area contributed by atoms with Crippen LogP contribution in [-0.4, -0.2) is 37.4 Å². The minimum atomic E-state index is 0.993. The van der Waals surface area contributed by atoms with Gasteiger partial charge in [-0.15, -0.1) is 0 Å². The van der Waals surface area contributed by atoms with E-state index in [9.17, 15) is 0 Å². The van der Waals surface area contributed by atoms with Crippen molar-refractivity contribution in [3.8, 4) is 0 Å². The second-order valence-corrected chi connectivity index (χ2v) is 3.55. The zero-order valence-electron chi connectivity index (χ0n) is 6.72. The van der Waals surface area contributed by atoms with Crippen molar-refractivity contribution in [2.24, 2.45) is 0 Å². The Hall–Kier alpha value is 0.310. The van der Waals surface area contributed by atoms with Gasteiger partial charge in [0.2, 0.25) is 0 Å². The first kappa shape index (κ1) is 9.31. The summed E-state index contributed by atoms with van der Waals surface area (Å²) in [6.07, 6.45) is 1.26. The Labute approximate surface area is 64.1 Å². The molecule has 0 heterocycles. The molecule has 0 aliphatic rings. The van der Waals surface area contributed by atoms with E-state index in [0.717, 1.165) is 10.2 Å². The Bertz CT molecular complexity index is 63.3. The van der Waals surface area contributed by atoms with E-state index in [-0.39, 0.29) is 0 Å². The largest absolute Gasteiger partial charge is 0.328 e. The van der Waals surface area contributed by atoms with Gasteiger partial charge in [0.1, 0.15) is 0 Å². The molecule has 0 N–H and O–H groups in total. The van der Waals surface area contributed by atoms with E-state index < -0.39 is 0 Å². The van der Waals surface area contributed by atoms with Gasteiger partial charge < -0.3 is 4.48 Å². The van der Waals surface area contributed by atoms with E-state index in [1.807, 2.05) is 0 Å². The lowest BCUT2D eigenvalue weighted by Gasteiger charge is -2.28. The summed E-state index contributed by atoms with van der Waals surface area (Å²) in [5, 5.41) is 0. The molecular weight excluding hydrogens is 130 g/mol. The maximum Gasteiger partial charge on any atom is 0.0871 e. The van der Waals surface area contributed by atoms with E-state index in [2.05, 4.69) is 33.6 Å². The highest BCUT2D eigenvalue weighted by Crippen LogP contribution is 1.98. The van der Waals surface area contributed by atoms with Crippen LogP contribution < -0.4 is 0 Å². The number of thiol groups is 1. The van der Waals surface area contributed by atoms with E-state index in [0.29, 0.717) is 0 Å². The van der Waals surface area contributed by atoms with Gasteiger partial charge in [-0.3, -0.25) is 0 Å². The van der Waals surface area contributed by atoms with E-state index >= 15 is 0 Å². The Morgan fingerprint density at radius 3 is 2.11 bits per heavy atom. The summed E-state index contributed by atoms with van der Waals surface area (Å²) in [5.41, 5.74) is 0. The third kappa shape index (κ3) is 4.79. The molecule has 0 fully saturated rings. The van der Waals surface area contributed by atoms with Crippen molar-refractivity contribution in [1.82, 2.24) is 0 Å². The zero-order valence-corrected chi connectivity index (χ0v) is 7.62. The lowest BCUT2D eigenvalue weighted by atomic mass is 10.4. The van der Waals surface area contributed by atoms with Gasteiger partial charge in [0, 0.05) is 5.75 Å². The zero-order chi connectivity index (χ0) is 7.33. The van der Waals surface area contributed by atoms with Gasteiger partial charge in [-0.25, -0.2) is 0 Å². The van der Waals surface area contributed by atoms with Crippen molar-refractivity contribution in [3.63, 3.8) is 0 Å². The van der Waals surface area contributed by atoms with Gasteiger partial charge in [-0.05, 0) is 6.42 Å². The molecule has 0 atom stereocenters. The highest BCUT2D eigenvalue weighted by Gasteiger charge is 2.10. The van der Waals surface area contributed by atoms with Crippen LogP contribution in [0.25, 0.3) is 0 Å². The van der Waals surface area contributed by atoms with Crippen molar-refractivity contribution in [2.75, 3.05) is 32.9 Å². The van der Waals surface area contributed by atoms with Gasteiger partial charge >= 0.3 is 0 Å². The van der Waals surface area contributed by atoms with Crippen LogP contribution in [0.15, 0.2) is 0 Å². The molecule has 0 unspecified atom stereocenters. The normalized spacial score (nSPS) is 12.0. The van der Waals surface area contributed by atoms with Crippen molar-refractivity contribution in [3.05, 3.63) is 0 Å². The predicted octanol–water partition coefficient (Wildman–Crippen LogP) is 1.40.